The number of hydrogen-bond acceptors (Lipinski definition) is 2. The number of Topliss-reactive ketones (excluding diaryl/α,β-unsaturated/α-hetero) is 2. The summed E-state index contributed by atoms with van der Waals surface area (Å²) in [5.74, 6) is -2.28. The third-order valence-electron chi connectivity index (χ3n) is 2.89. The Morgan fingerprint density at radius 1 is 1.57 bits per heavy atom. The van der Waals surface area contributed by atoms with E-state index in [4.69, 9.17) is 0 Å². The molecule has 2 atom stereocenters. The smallest absolute Gasteiger partial charge is 0.296 e. The topological polar surface area (TPSA) is 34.1 Å². The van der Waals surface area contributed by atoms with E-state index in [1.54, 1.807) is 0 Å². The third-order valence-corrected chi connectivity index (χ3v) is 2.89. The van der Waals surface area contributed by atoms with Crippen LogP contribution in [-0.2, 0) is 9.59 Å². The van der Waals surface area contributed by atoms with E-state index >= 15 is 0 Å². The molecule has 0 aromatic rings. The van der Waals surface area contributed by atoms with Crippen molar-refractivity contribution in [2.45, 2.75) is 39.0 Å². The Hall–Kier alpha value is -0.800. The van der Waals surface area contributed by atoms with Crippen LogP contribution < -0.4 is 0 Å². The Bertz CT molecular complexity index is 238. The Kier molecular flexibility index (Phi) is 3.72. The fourth-order valence-corrected chi connectivity index (χ4v) is 1.90. The number of carbonyl (C=O) groups is 2. The van der Waals surface area contributed by atoms with Gasteiger partial charge in [0.1, 0.15) is 5.78 Å². The van der Waals surface area contributed by atoms with Crippen molar-refractivity contribution >= 4 is 11.6 Å². The zero-order chi connectivity index (χ0) is 10.7. The van der Waals surface area contributed by atoms with Crippen LogP contribution in [0.1, 0.15) is 32.6 Å². The lowest BCUT2D eigenvalue weighted by Gasteiger charge is -2.25. The molecule has 0 bridgehead atoms. The minimum atomic E-state index is -3.00. The van der Waals surface area contributed by atoms with Crippen LogP contribution in [0.25, 0.3) is 0 Å². The summed E-state index contributed by atoms with van der Waals surface area (Å²) in [6, 6.07) is 0. The molecule has 80 valence electrons. The average Bonchev–Trinajstić information content (AvgIpc) is 2.17. The highest BCUT2D eigenvalue weighted by Crippen LogP contribution is 2.30. The lowest BCUT2D eigenvalue weighted by Crippen LogP contribution is -2.34. The van der Waals surface area contributed by atoms with Gasteiger partial charge >= 0.3 is 0 Å². The number of hydrogen-bond donors (Lipinski definition) is 0. The Morgan fingerprint density at radius 3 is 2.71 bits per heavy atom. The van der Waals surface area contributed by atoms with Crippen LogP contribution in [0.2, 0.25) is 0 Å². The first-order chi connectivity index (χ1) is 6.56. The van der Waals surface area contributed by atoms with E-state index in [0.29, 0.717) is 6.42 Å². The summed E-state index contributed by atoms with van der Waals surface area (Å²) in [5.41, 5.74) is 0. The first kappa shape index (κ1) is 11.3. The number of ketones is 2. The molecule has 0 amide bonds. The van der Waals surface area contributed by atoms with Crippen LogP contribution in [0.4, 0.5) is 8.78 Å². The van der Waals surface area contributed by atoms with Crippen molar-refractivity contribution in [1.29, 1.82) is 0 Å². The number of rotatable bonds is 3. The van der Waals surface area contributed by atoms with Crippen LogP contribution in [0.5, 0.6) is 0 Å². The number of halogens is 2. The predicted molar refractivity (Wildman–Crippen MR) is 47.1 cm³/mol. The van der Waals surface area contributed by atoms with E-state index in [9.17, 15) is 18.4 Å². The van der Waals surface area contributed by atoms with E-state index in [0.717, 1.165) is 12.8 Å². The Labute approximate surface area is 81.7 Å². The second kappa shape index (κ2) is 4.62. The highest BCUT2D eigenvalue weighted by Gasteiger charge is 2.36. The van der Waals surface area contributed by atoms with Crippen molar-refractivity contribution in [3.63, 3.8) is 0 Å². The van der Waals surface area contributed by atoms with Crippen molar-refractivity contribution in [2.24, 2.45) is 11.8 Å². The molecule has 2 nitrogen and oxygen atoms in total. The Balaban J connectivity index is 2.65. The quantitative estimate of drug-likeness (QED) is 0.660. The molecule has 0 aromatic carbocycles. The maximum Gasteiger partial charge on any atom is 0.296 e. The lowest BCUT2D eigenvalue weighted by atomic mass is 9.77. The van der Waals surface area contributed by atoms with Crippen LogP contribution in [0.3, 0.4) is 0 Å². The molecule has 4 heteroatoms. The molecule has 0 saturated heterocycles. The summed E-state index contributed by atoms with van der Waals surface area (Å²) in [6.07, 6.45) is -0.817. The van der Waals surface area contributed by atoms with Crippen LogP contribution >= 0.6 is 0 Å². The second-order valence-corrected chi connectivity index (χ2v) is 3.77. The molecule has 0 aliphatic heterocycles. The number of alkyl halides is 2. The summed E-state index contributed by atoms with van der Waals surface area (Å²) in [5, 5.41) is 0. The minimum Gasteiger partial charge on any atom is -0.299 e. The van der Waals surface area contributed by atoms with Crippen molar-refractivity contribution in [2.75, 3.05) is 0 Å². The van der Waals surface area contributed by atoms with Crippen LogP contribution in [0.15, 0.2) is 0 Å². The first-order valence-corrected chi connectivity index (χ1v) is 4.90. The van der Waals surface area contributed by atoms with Gasteiger partial charge in [-0.05, 0) is 18.8 Å². The van der Waals surface area contributed by atoms with Gasteiger partial charge in [-0.15, -0.1) is 0 Å². The molecule has 0 spiro atoms. The molecule has 0 N–H and O–H groups in total. The van der Waals surface area contributed by atoms with Crippen molar-refractivity contribution < 1.29 is 18.4 Å². The van der Waals surface area contributed by atoms with Gasteiger partial charge in [0.25, 0.3) is 6.43 Å². The molecule has 0 heterocycles. The van der Waals surface area contributed by atoms with Crippen molar-refractivity contribution in [3.8, 4) is 0 Å². The fourth-order valence-electron chi connectivity index (χ4n) is 1.90. The zero-order valence-corrected chi connectivity index (χ0v) is 8.13. The molecule has 2 unspecified atom stereocenters. The monoisotopic (exact) mass is 204 g/mol. The molecule has 1 fully saturated rings. The predicted octanol–water partition coefficient (Wildman–Crippen LogP) is 2.22. The highest BCUT2D eigenvalue weighted by molar-refractivity contribution is 6.04. The summed E-state index contributed by atoms with van der Waals surface area (Å²) in [7, 11) is 0. The molecule has 1 rings (SSSR count). The van der Waals surface area contributed by atoms with E-state index in [2.05, 4.69) is 0 Å². The van der Waals surface area contributed by atoms with Crippen LogP contribution in [-0.4, -0.2) is 18.0 Å². The largest absolute Gasteiger partial charge is 0.299 e. The van der Waals surface area contributed by atoms with E-state index < -0.39 is 18.1 Å². The molecule has 0 aromatic heterocycles. The lowest BCUT2D eigenvalue weighted by molar-refractivity contribution is -0.142. The molecule has 1 aliphatic rings. The van der Waals surface area contributed by atoms with Gasteiger partial charge in [0.15, 0.2) is 0 Å². The van der Waals surface area contributed by atoms with Gasteiger partial charge < -0.3 is 0 Å². The van der Waals surface area contributed by atoms with Gasteiger partial charge in [0, 0.05) is 6.42 Å². The van der Waals surface area contributed by atoms with Crippen molar-refractivity contribution in [3.05, 3.63) is 0 Å². The van der Waals surface area contributed by atoms with Gasteiger partial charge in [-0.3, -0.25) is 9.59 Å². The SMILES string of the molecule is CCC1CCC(=O)C(C(=O)C(F)F)C1. The third kappa shape index (κ3) is 2.36. The average molecular weight is 204 g/mol. The number of carbonyl (C=O) groups excluding carboxylic acids is 2. The summed E-state index contributed by atoms with van der Waals surface area (Å²) < 4.78 is 24.2. The van der Waals surface area contributed by atoms with Gasteiger partial charge in [0.05, 0.1) is 5.92 Å². The summed E-state index contributed by atoms with van der Waals surface area (Å²) in [4.78, 5) is 22.2. The summed E-state index contributed by atoms with van der Waals surface area (Å²) >= 11 is 0. The van der Waals surface area contributed by atoms with Gasteiger partial charge in [0.2, 0.25) is 5.78 Å². The molecular formula is C10H14F2O2. The summed E-state index contributed by atoms with van der Waals surface area (Å²) in [6.45, 7) is 1.95. The van der Waals surface area contributed by atoms with E-state index in [1.165, 1.54) is 0 Å². The molecule has 1 aliphatic carbocycles. The van der Waals surface area contributed by atoms with Crippen molar-refractivity contribution in [1.82, 2.24) is 0 Å². The second-order valence-electron chi connectivity index (χ2n) is 3.77. The standard InChI is InChI=1S/C10H14F2O2/c1-2-6-3-4-8(13)7(5-6)9(14)10(11)12/h6-7,10H,2-5H2,1H3. The fraction of sp³-hybridized carbons (Fsp3) is 0.800. The molecular weight excluding hydrogens is 190 g/mol. The zero-order valence-electron chi connectivity index (χ0n) is 8.13. The van der Waals surface area contributed by atoms with E-state index in [1.807, 2.05) is 6.92 Å². The Morgan fingerprint density at radius 2 is 2.21 bits per heavy atom. The normalized spacial score (nSPS) is 28.1. The van der Waals surface area contributed by atoms with Gasteiger partial charge in [-0.2, -0.15) is 0 Å². The van der Waals surface area contributed by atoms with Crippen LogP contribution in [0, 0.1) is 11.8 Å². The van der Waals surface area contributed by atoms with Gasteiger partial charge in [-0.1, -0.05) is 13.3 Å². The first-order valence-electron chi connectivity index (χ1n) is 4.90. The highest BCUT2D eigenvalue weighted by atomic mass is 19.3. The maximum absolute atomic E-state index is 12.1. The molecule has 0 radical (unpaired) electrons. The van der Waals surface area contributed by atoms with Gasteiger partial charge in [-0.25, -0.2) is 8.78 Å². The minimum absolute atomic E-state index is 0.250. The molecule has 1 saturated carbocycles. The maximum atomic E-state index is 12.1. The van der Waals surface area contributed by atoms with E-state index in [-0.39, 0.29) is 18.1 Å². The molecule has 14 heavy (non-hydrogen) atoms.